The number of carboxylic acids is 1. The quantitative estimate of drug-likeness (QED) is 0.425. The molecule has 1 aromatic carbocycles. The number of carbonyl (C=O) groups is 2. The third-order valence-corrected chi connectivity index (χ3v) is 5.97. The first-order valence-corrected chi connectivity index (χ1v) is 11.7. The van der Waals surface area contributed by atoms with E-state index in [1.807, 2.05) is 18.3 Å². The summed E-state index contributed by atoms with van der Waals surface area (Å²) in [7, 11) is 0. The number of aromatic nitrogens is 2. The minimum Gasteiger partial charge on any atom is -0.475 e. The summed E-state index contributed by atoms with van der Waals surface area (Å²) in [4.78, 5) is 31.3. The van der Waals surface area contributed by atoms with Gasteiger partial charge in [-0.1, -0.05) is 24.3 Å². The molecule has 2 aromatic heterocycles. The molecule has 3 aromatic rings. The topological polar surface area (TPSA) is 110 Å². The third kappa shape index (κ3) is 6.56. The van der Waals surface area contributed by atoms with Crippen LogP contribution in [0.1, 0.15) is 27.3 Å². The number of aliphatic carboxylic acids is 1. The van der Waals surface area contributed by atoms with Crippen molar-refractivity contribution in [3.63, 3.8) is 0 Å². The highest BCUT2D eigenvalue weighted by molar-refractivity contribution is 5.97. The Bertz CT molecular complexity index is 1300. The van der Waals surface area contributed by atoms with Crippen LogP contribution in [0.2, 0.25) is 0 Å². The van der Waals surface area contributed by atoms with E-state index in [2.05, 4.69) is 68.0 Å². The maximum Gasteiger partial charge on any atom is 0.490 e. The Hall–Kier alpha value is -4.12. The van der Waals surface area contributed by atoms with Crippen molar-refractivity contribution in [3.8, 4) is 11.3 Å². The van der Waals surface area contributed by atoms with Gasteiger partial charge in [0.1, 0.15) is 0 Å². The Balaban J connectivity index is 0.000000405. The Morgan fingerprint density at radius 1 is 1.05 bits per heavy atom. The average molecular weight is 514 g/mol. The number of pyridine rings is 1. The van der Waals surface area contributed by atoms with E-state index in [4.69, 9.17) is 9.90 Å². The van der Waals surface area contributed by atoms with Crippen LogP contribution in [-0.4, -0.2) is 65.9 Å². The molecule has 2 aliphatic heterocycles. The number of aromatic amines is 1. The van der Waals surface area contributed by atoms with Crippen molar-refractivity contribution in [1.29, 1.82) is 0 Å². The fourth-order valence-electron chi connectivity index (χ4n) is 4.15. The number of hydrogen-bond acceptors (Lipinski definition) is 5. The van der Waals surface area contributed by atoms with Crippen LogP contribution in [0, 0.1) is 0 Å². The number of rotatable bonds is 4. The van der Waals surface area contributed by atoms with Crippen molar-refractivity contribution in [2.75, 3.05) is 37.6 Å². The van der Waals surface area contributed by atoms with E-state index in [9.17, 15) is 18.0 Å². The number of H-pyrrole nitrogens is 1. The first-order chi connectivity index (χ1) is 17.7. The molecule has 1 fully saturated rings. The molecule has 2 aliphatic rings. The van der Waals surface area contributed by atoms with Crippen LogP contribution in [0.4, 0.5) is 18.9 Å². The number of nitrogens with zero attached hydrogens (tertiary/aromatic N) is 2. The molecule has 0 bridgehead atoms. The van der Waals surface area contributed by atoms with E-state index in [1.165, 1.54) is 11.3 Å². The Labute approximate surface area is 211 Å². The molecule has 0 radical (unpaired) electrons. The molecular weight excluding hydrogens is 487 g/mol. The second-order valence-electron chi connectivity index (χ2n) is 8.48. The van der Waals surface area contributed by atoms with Gasteiger partial charge in [0.25, 0.3) is 5.91 Å². The summed E-state index contributed by atoms with van der Waals surface area (Å²) >= 11 is 0. The number of piperazine rings is 1. The minimum absolute atomic E-state index is 0.00237. The number of nitrogens with one attached hydrogen (secondary N) is 3. The Kier molecular flexibility index (Phi) is 7.92. The van der Waals surface area contributed by atoms with Crippen LogP contribution in [0.15, 0.2) is 48.7 Å². The average Bonchev–Trinajstić information content (AvgIpc) is 3.34. The number of alkyl halides is 3. The van der Waals surface area contributed by atoms with E-state index >= 15 is 0 Å². The van der Waals surface area contributed by atoms with E-state index in [-0.39, 0.29) is 5.91 Å². The molecular formula is C26H26F3N5O3. The number of carboxylic acid groups (broad SMARTS) is 1. The highest BCUT2D eigenvalue weighted by atomic mass is 19.4. The zero-order valence-corrected chi connectivity index (χ0v) is 19.8. The van der Waals surface area contributed by atoms with Gasteiger partial charge in [-0.25, -0.2) is 4.79 Å². The summed E-state index contributed by atoms with van der Waals surface area (Å²) in [5.41, 5.74) is 7.08. The number of halogens is 3. The number of fused-ring (bicyclic) bond motifs is 1. The number of para-hydroxylation sites is 1. The number of carbonyl (C=O) groups excluding carboxylic acids is 1. The highest BCUT2D eigenvalue weighted by Gasteiger charge is 2.38. The summed E-state index contributed by atoms with van der Waals surface area (Å²) in [6.07, 6.45) is 1.76. The largest absolute Gasteiger partial charge is 0.490 e. The maximum absolute atomic E-state index is 12.1. The van der Waals surface area contributed by atoms with E-state index in [1.54, 1.807) is 0 Å². The lowest BCUT2D eigenvalue weighted by Gasteiger charge is -2.30. The molecule has 0 spiro atoms. The SMILES string of the molecule is O=C(O)C(F)(F)F.O=C1NCCc2[nH]c(-c3ccnc(C=Cc4ccccc4N4CCNCC4)c3)cc21. The second kappa shape index (κ2) is 11.3. The van der Waals surface area contributed by atoms with Crippen molar-refractivity contribution in [1.82, 2.24) is 20.6 Å². The van der Waals surface area contributed by atoms with E-state index in [0.29, 0.717) is 6.54 Å². The van der Waals surface area contributed by atoms with Gasteiger partial charge in [-0.3, -0.25) is 9.78 Å². The first kappa shape index (κ1) is 26.0. The number of hydrogen-bond donors (Lipinski definition) is 4. The highest BCUT2D eigenvalue weighted by Crippen LogP contribution is 2.26. The Morgan fingerprint density at radius 2 is 1.78 bits per heavy atom. The molecule has 0 aliphatic carbocycles. The van der Waals surface area contributed by atoms with Gasteiger partial charge in [0.15, 0.2) is 0 Å². The molecule has 0 unspecified atom stereocenters. The third-order valence-electron chi connectivity index (χ3n) is 5.97. The predicted octanol–water partition coefficient (Wildman–Crippen LogP) is 3.58. The van der Waals surface area contributed by atoms with Gasteiger partial charge in [-0.05, 0) is 35.9 Å². The van der Waals surface area contributed by atoms with Gasteiger partial charge >= 0.3 is 12.1 Å². The Morgan fingerprint density at radius 3 is 2.49 bits per heavy atom. The van der Waals surface area contributed by atoms with Gasteiger partial charge in [0.05, 0.1) is 11.3 Å². The van der Waals surface area contributed by atoms with Crippen LogP contribution in [-0.2, 0) is 11.2 Å². The number of amides is 1. The number of benzene rings is 1. The molecule has 8 nitrogen and oxygen atoms in total. The molecule has 0 saturated carbocycles. The van der Waals surface area contributed by atoms with Crippen LogP contribution in [0.5, 0.6) is 0 Å². The lowest BCUT2D eigenvalue weighted by molar-refractivity contribution is -0.192. The molecule has 4 N–H and O–H groups in total. The molecule has 0 atom stereocenters. The molecule has 1 saturated heterocycles. The fraction of sp³-hybridized carbons (Fsp3) is 0.269. The van der Waals surface area contributed by atoms with Crippen molar-refractivity contribution in [3.05, 3.63) is 71.2 Å². The summed E-state index contributed by atoms with van der Waals surface area (Å²) < 4.78 is 31.7. The summed E-state index contributed by atoms with van der Waals surface area (Å²) in [6, 6.07) is 14.5. The predicted molar refractivity (Wildman–Crippen MR) is 134 cm³/mol. The van der Waals surface area contributed by atoms with E-state index in [0.717, 1.165) is 60.8 Å². The van der Waals surface area contributed by atoms with Gasteiger partial charge < -0.3 is 25.6 Å². The van der Waals surface area contributed by atoms with Crippen LogP contribution < -0.4 is 15.5 Å². The molecule has 5 rings (SSSR count). The first-order valence-electron chi connectivity index (χ1n) is 11.7. The second-order valence-corrected chi connectivity index (χ2v) is 8.48. The van der Waals surface area contributed by atoms with Crippen molar-refractivity contribution in [2.45, 2.75) is 12.6 Å². The smallest absolute Gasteiger partial charge is 0.475 e. The zero-order valence-electron chi connectivity index (χ0n) is 19.8. The normalized spacial score (nSPS) is 15.5. The van der Waals surface area contributed by atoms with Gasteiger partial charge in [-0.2, -0.15) is 13.2 Å². The molecule has 1 amide bonds. The van der Waals surface area contributed by atoms with Crippen molar-refractivity contribution in [2.24, 2.45) is 0 Å². The summed E-state index contributed by atoms with van der Waals surface area (Å²) in [5, 5.41) is 13.4. The van der Waals surface area contributed by atoms with Crippen LogP contribution in [0.3, 0.4) is 0 Å². The molecule has 11 heteroatoms. The zero-order chi connectivity index (χ0) is 26.4. The molecule has 194 valence electrons. The monoisotopic (exact) mass is 513 g/mol. The van der Waals surface area contributed by atoms with Crippen LogP contribution in [0.25, 0.3) is 23.4 Å². The summed E-state index contributed by atoms with van der Waals surface area (Å²) in [6.45, 7) is 4.75. The minimum atomic E-state index is -5.08. The number of anilines is 1. The van der Waals surface area contributed by atoms with Gasteiger partial charge in [0, 0.05) is 68.0 Å². The van der Waals surface area contributed by atoms with Gasteiger partial charge in [0.2, 0.25) is 0 Å². The van der Waals surface area contributed by atoms with Crippen molar-refractivity contribution >= 4 is 29.7 Å². The van der Waals surface area contributed by atoms with Crippen molar-refractivity contribution < 1.29 is 27.9 Å². The maximum atomic E-state index is 12.1. The molecule has 37 heavy (non-hydrogen) atoms. The van der Waals surface area contributed by atoms with E-state index < -0.39 is 12.1 Å². The van der Waals surface area contributed by atoms with Gasteiger partial charge in [-0.15, -0.1) is 0 Å². The lowest BCUT2D eigenvalue weighted by atomic mass is 10.1. The summed E-state index contributed by atoms with van der Waals surface area (Å²) in [5.74, 6) is -2.76. The molecule has 4 heterocycles. The lowest BCUT2D eigenvalue weighted by Crippen LogP contribution is -2.43. The fourth-order valence-corrected chi connectivity index (χ4v) is 4.15. The standard InChI is InChI=1S/C24H25N5O.C2HF3O2/c30-24-20-16-22(28-21(20)8-10-27-24)18-7-9-26-19(15-18)6-5-17-3-1-2-4-23(17)29-13-11-25-12-14-29;3-2(4,5)1(6)7/h1-7,9,15-16,25,28H,8,10-14H2,(H,27,30);(H,6,7). The van der Waals surface area contributed by atoms with Crippen LogP contribution >= 0.6 is 0 Å².